The molecule has 5 nitrogen and oxygen atoms in total. The topological polar surface area (TPSA) is 75.0 Å². The van der Waals surface area contributed by atoms with E-state index in [1.807, 2.05) is 0 Å². The summed E-state index contributed by atoms with van der Waals surface area (Å²) < 4.78 is 19.1. The van der Waals surface area contributed by atoms with Crippen LogP contribution in [0.5, 0.6) is 0 Å². The van der Waals surface area contributed by atoms with Gasteiger partial charge in [0.1, 0.15) is 11.2 Å². The number of fused-ring (bicyclic) bond motifs is 3. The van der Waals surface area contributed by atoms with Crippen LogP contribution in [-0.2, 0) is 9.53 Å². The van der Waals surface area contributed by atoms with E-state index in [4.69, 9.17) is 21.6 Å². The zero-order chi connectivity index (χ0) is 16.6. The van der Waals surface area contributed by atoms with Gasteiger partial charge in [-0.1, -0.05) is 11.6 Å². The van der Waals surface area contributed by atoms with Gasteiger partial charge in [-0.05, 0) is 43.6 Å². The van der Waals surface area contributed by atoms with Gasteiger partial charge in [0, 0.05) is 6.04 Å². The molecule has 2 bridgehead atoms. The fraction of sp³-hybridized carbons (Fsp3) is 0.562. The molecule has 1 aromatic heterocycles. The zero-order valence-corrected chi connectivity index (χ0v) is 13.4. The van der Waals surface area contributed by atoms with Crippen LogP contribution in [-0.4, -0.2) is 24.1 Å². The molecule has 0 aromatic carbocycles. The summed E-state index contributed by atoms with van der Waals surface area (Å²) >= 11 is 5.89. The average Bonchev–Trinajstić information content (AvgIpc) is 2.58. The third-order valence-corrected chi connectivity index (χ3v) is 5.33. The van der Waals surface area contributed by atoms with Gasteiger partial charge in [0.05, 0.1) is 18.6 Å². The van der Waals surface area contributed by atoms with Crippen LogP contribution in [0.2, 0.25) is 5.15 Å². The number of anilines is 1. The molecule has 1 aromatic rings. The number of ether oxygens (including phenoxy) is 1. The molecular weight excluding hydrogens is 321 g/mol. The molecule has 3 aliphatic rings. The van der Waals surface area contributed by atoms with Gasteiger partial charge in [-0.15, -0.1) is 0 Å². The SMILES string of the molecule is COC(=O)C1C2CCC(CC2)C1Nc1nc(Cl)c(C#N)cc1F. The quantitative estimate of drug-likeness (QED) is 0.677. The van der Waals surface area contributed by atoms with Gasteiger partial charge in [0.25, 0.3) is 0 Å². The van der Waals surface area contributed by atoms with Gasteiger partial charge in [0.15, 0.2) is 11.6 Å². The van der Waals surface area contributed by atoms with E-state index < -0.39 is 5.82 Å². The van der Waals surface area contributed by atoms with Gasteiger partial charge in [0.2, 0.25) is 0 Å². The van der Waals surface area contributed by atoms with E-state index >= 15 is 0 Å². The van der Waals surface area contributed by atoms with Crippen molar-refractivity contribution in [1.82, 2.24) is 4.98 Å². The Labute approximate surface area is 138 Å². The standard InChI is InChI=1S/C16H17ClFN3O2/c1-23-16(22)12-8-2-4-9(5-3-8)13(12)20-15-11(18)6-10(7-19)14(17)21-15/h6,8-9,12-13H,2-5H2,1H3,(H,20,21). The lowest BCUT2D eigenvalue weighted by Gasteiger charge is -2.47. The summed E-state index contributed by atoms with van der Waals surface area (Å²) in [4.78, 5) is 16.1. The minimum absolute atomic E-state index is 0.00982. The Bertz CT molecular complexity index is 668. The van der Waals surface area contributed by atoms with Gasteiger partial charge < -0.3 is 10.1 Å². The first-order chi connectivity index (χ1) is 11.0. The molecule has 0 saturated heterocycles. The first-order valence-electron chi connectivity index (χ1n) is 7.65. The van der Waals surface area contributed by atoms with Crippen LogP contribution >= 0.6 is 11.6 Å². The van der Waals surface area contributed by atoms with E-state index in [0.717, 1.165) is 31.7 Å². The lowest BCUT2D eigenvalue weighted by atomic mass is 9.61. The fourth-order valence-electron chi connectivity index (χ4n) is 3.94. The molecule has 3 fully saturated rings. The van der Waals surface area contributed by atoms with Crippen molar-refractivity contribution in [2.45, 2.75) is 31.7 Å². The zero-order valence-electron chi connectivity index (χ0n) is 12.7. The van der Waals surface area contributed by atoms with E-state index in [9.17, 15) is 9.18 Å². The highest BCUT2D eigenvalue weighted by atomic mass is 35.5. The van der Waals surface area contributed by atoms with Crippen LogP contribution in [0.15, 0.2) is 6.07 Å². The van der Waals surface area contributed by atoms with Crippen LogP contribution in [0.25, 0.3) is 0 Å². The Hall–Kier alpha value is -1.87. The molecule has 7 heteroatoms. The molecule has 1 heterocycles. The minimum atomic E-state index is -0.643. The monoisotopic (exact) mass is 337 g/mol. The number of pyridine rings is 1. The van der Waals surface area contributed by atoms with Gasteiger partial charge in [-0.2, -0.15) is 5.26 Å². The summed E-state index contributed by atoms with van der Waals surface area (Å²) in [5, 5.41) is 11.9. The number of nitrogens with zero attached hydrogens (tertiary/aromatic N) is 2. The number of hydrogen-bond acceptors (Lipinski definition) is 5. The third kappa shape index (κ3) is 2.86. The number of nitriles is 1. The number of halogens is 2. The van der Waals surface area contributed by atoms with Crippen molar-refractivity contribution in [1.29, 1.82) is 5.26 Å². The van der Waals surface area contributed by atoms with E-state index in [1.165, 1.54) is 7.11 Å². The van der Waals surface area contributed by atoms with E-state index in [-0.39, 0.29) is 46.3 Å². The molecule has 3 aliphatic carbocycles. The molecule has 2 atom stereocenters. The Morgan fingerprint density at radius 1 is 1.43 bits per heavy atom. The predicted molar refractivity (Wildman–Crippen MR) is 82.3 cm³/mol. The molecule has 0 radical (unpaired) electrons. The second-order valence-electron chi connectivity index (χ2n) is 6.16. The maximum absolute atomic E-state index is 14.2. The number of carbonyl (C=O) groups is 1. The normalized spacial score (nSPS) is 29.0. The molecule has 0 aliphatic heterocycles. The smallest absolute Gasteiger partial charge is 0.311 e. The van der Waals surface area contributed by atoms with Crippen molar-refractivity contribution in [2.75, 3.05) is 12.4 Å². The van der Waals surface area contributed by atoms with Gasteiger partial charge in [-0.3, -0.25) is 4.79 Å². The fourth-order valence-corrected chi connectivity index (χ4v) is 4.12. The molecule has 1 N–H and O–H groups in total. The summed E-state index contributed by atoms with van der Waals surface area (Å²) in [6.07, 6.45) is 3.99. The number of rotatable bonds is 3. The number of hydrogen-bond donors (Lipinski definition) is 1. The minimum Gasteiger partial charge on any atom is -0.469 e. The molecule has 0 amide bonds. The van der Waals surface area contributed by atoms with E-state index in [0.29, 0.717) is 0 Å². The third-order valence-electron chi connectivity index (χ3n) is 5.05. The molecule has 3 saturated carbocycles. The van der Waals surface area contributed by atoms with Crippen LogP contribution in [0.4, 0.5) is 10.2 Å². The highest BCUT2D eigenvalue weighted by Crippen LogP contribution is 2.46. The van der Waals surface area contributed by atoms with Crippen molar-refractivity contribution < 1.29 is 13.9 Å². The van der Waals surface area contributed by atoms with Crippen molar-refractivity contribution >= 4 is 23.4 Å². The lowest BCUT2D eigenvalue weighted by molar-refractivity contribution is -0.152. The number of methoxy groups -OCH3 is 1. The van der Waals surface area contributed by atoms with Crippen molar-refractivity contribution in [3.05, 3.63) is 22.6 Å². The van der Waals surface area contributed by atoms with Gasteiger partial charge in [-0.25, -0.2) is 9.37 Å². The summed E-state index contributed by atoms with van der Waals surface area (Å²) in [6.45, 7) is 0. The van der Waals surface area contributed by atoms with Crippen LogP contribution in [0.3, 0.4) is 0 Å². The Balaban J connectivity index is 1.90. The first kappa shape index (κ1) is 16.0. The molecule has 122 valence electrons. The Morgan fingerprint density at radius 2 is 2.09 bits per heavy atom. The van der Waals surface area contributed by atoms with Crippen LogP contribution < -0.4 is 5.32 Å². The maximum atomic E-state index is 14.2. The molecule has 2 unspecified atom stereocenters. The Morgan fingerprint density at radius 3 is 2.70 bits per heavy atom. The second kappa shape index (κ2) is 6.32. The number of carbonyl (C=O) groups excluding carboxylic acids is 1. The summed E-state index contributed by atoms with van der Waals surface area (Å²) in [6, 6.07) is 2.63. The van der Waals surface area contributed by atoms with Gasteiger partial charge >= 0.3 is 5.97 Å². The number of nitrogens with one attached hydrogen (secondary N) is 1. The van der Waals surface area contributed by atoms with Crippen LogP contribution in [0, 0.1) is 34.9 Å². The molecule has 0 spiro atoms. The summed E-state index contributed by atoms with van der Waals surface area (Å²) in [7, 11) is 1.37. The predicted octanol–water partition coefficient (Wildman–Crippen LogP) is 3.14. The number of aromatic nitrogens is 1. The van der Waals surface area contributed by atoms with Crippen molar-refractivity contribution in [2.24, 2.45) is 17.8 Å². The maximum Gasteiger partial charge on any atom is 0.311 e. The highest BCUT2D eigenvalue weighted by molar-refractivity contribution is 6.30. The molecular formula is C16H17ClFN3O2. The molecule has 23 heavy (non-hydrogen) atoms. The first-order valence-corrected chi connectivity index (χ1v) is 8.03. The summed E-state index contributed by atoms with van der Waals surface area (Å²) in [5.74, 6) is -0.696. The highest BCUT2D eigenvalue weighted by Gasteiger charge is 2.48. The summed E-state index contributed by atoms with van der Waals surface area (Å²) in [5.41, 5.74) is -0.00982. The largest absolute Gasteiger partial charge is 0.469 e. The van der Waals surface area contributed by atoms with E-state index in [1.54, 1.807) is 6.07 Å². The van der Waals surface area contributed by atoms with Crippen molar-refractivity contribution in [3.63, 3.8) is 0 Å². The molecule has 4 rings (SSSR count). The van der Waals surface area contributed by atoms with E-state index in [2.05, 4.69) is 10.3 Å². The second-order valence-corrected chi connectivity index (χ2v) is 6.52. The lowest BCUT2D eigenvalue weighted by Crippen LogP contribution is -2.52. The number of esters is 1. The van der Waals surface area contributed by atoms with Crippen molar-refractivity contribution in [3.8, 4) is 6.07 Å². The average molecular weight is 338 g/mol. The van der Waals surface area contributed by atoms with Crippen LogP contribution in [0.1, 0.15) is 31.2 Å². The Kier molecular flexibility index (Phi) is 4.40.